The van der Waals surface area contributed by atoms with Crippen molar-refractivity contribution >= 4 is 27.5 Å². The SMILES string of the molecule is CC1CCC(C(C)(C)Cc2ccncc2Cl)C(Br)C1. The highest BCUT2D eigenvalue weighted by molar-refractivity contribution is 9.09. The summed E-state index contributed by atoms with van der Waals surface area (Å²) in [5.41, 5.74) is 1.49. The molecule has 1 heterocycles. The van der Waals surface area contributed by atoms with Gasteiger partial charge in [-0.05, 0) is 48.1 Å². The molecule has 3 atom stereocenters. The molecular formula is C16H23BrClN. The van der Waals surface area contributed by atoms with Crippen molar-refractivity contribution in [3.05, 3.63) is 29.0 Å². The van der Waals surface area contributed by atoms with Crippen molar-refractivity contribution in [2.45, 2.75) is 51.3 Å². The number of halogens is 2. The molecule has 0 aliphatic heterocycles. The molecule has 3 unspecified atom stereocenters. The van der Waals surface area contributed by atoms with Crippen molar-refractivity contribution in [1.82, 2.24) is 4.98 Å². The van der Waals surface area contributed by atoms with Crippen molar-refractivity contribution in [1.29, 1.82) is 0 Å². The van der Waals surface area contributed by atoms with E-state index in [-0.39, 0.29) is 5.41 Å². The minimum atomic E-state index is 0.263. The van der Waals surface area contributed by atoms with Gasteiger partial charge in [0.05, 0.1) is 5.02 Å². The average molecular weight is 345 g/mol. The molecule has 0 spiro atoms. The van der Waals surface area contributed by atoms with Crippen LogP contribution in [0.15, 0.2) is 18.5 Å². The van der Waals surface area contributed by atoms with E-state index in [0.29, 0.717) is 10.7 Å². The van der Waals surface area contributed by atoms with E-state index in [0.717, 1.165) is 17.4 Å². The Morgan fingerprint density at radius 3 is 2.79 bits per heavy atom. The van der Waals surface area contributed by atoms with Crippen molar-refractivity contribution < 1.29 is 0 Å². The summed E-state index contributed by atoms with van der Waals surface area (Å²) in [4.78, 5) is 4.70. The first-order valence-electron chi connectivity index (χ1n) is 7.12. The molecule has 1 saturated carbocycles. The van der Waals surface area contributed by atoms with E-state index in [1.165, 1.54) is 24.8 Å². The van der Waals surface area contributed by atoms with E-state index < -0.39 is 0 Å². The number of pyridine rings is 1. The highest BCUT2D eigenvalue weighted by Gasteiger charge is 2.38. The minimum Gasteiger partial charge on any atom is -0.263 e. The lowest BCUT2D eigenvalue weighted by Crippen LogP contribution is -2.37. The van der Waals surface area contributed by atoms with Gasteiger partial charge in [0.2, 0.25) is 0 Å². The van der Waals surface area contributed by atoms with Gasteiger partial charge in [0.25, 0.3) is 0 Å². The van der Waals surface area contributed by atoms with Crippen molar-refractivity contribution in [2.24, 2.45) is 17.3 Å². The first-order chi connectivity index (χ1) is 8.90. The molecule has 0 bridgehead atoms. The molecule has 1 aromatic rings. The Labute approximate surface area is 130 Å². The van der Waals surface area contributed by atoms with Crippen LogP contribution >= 0.6 is 27.5 Å². The zero-order valence-corrected chi connectivity index (χ0v) is 14.3. The topological polar surface area (TPSA) is 12.9 Å². The average Bonchev–Trinajstić information content (AvgIpc) is 2.31. The van der Waals surface area contributed by atoms with Crippen LogP contribution in [0.1, 0.15) is 45.6 Å². The van der Waals surface area contributed by atoms with Crippen LogP contribution in [0.3, 0.4) is 0 Å². The van der Waals surface area contributed by atoms with Gasteiger partial charge in [-0.1, -0.05) is 54.7 Å². The van der Waals surface area contributed by atoms with Gasteiger partial charge in [-0.25, -0.2) is 0 Å². The summed E-state index contributed by atoms with van der Waals surface area (Å²) in [5, 5.41) is 0.797. The van der Waals surface area contributed by atoms with Gasteiger partial charge >= 0.3 is 0 Å². The standard InChI is InChI=1S/C16H23BrClN/c1-11-4-5-13(14(17)8-11)16(2,3)9-12-6-7-19-10-15(12)18/h6-7,10-11,13-14H,4-5,8-9H2,1-3H3. The number of hydrogen-bond donors (Lipinski definition) is 0. The Balaban J connectivity index is 2.12. The molecule has 1 aromatic heterocycles. The zero-order chi connectivity index (χ0) is 14.0. The van der Waals surface area contributed by atoms with Gasteiger partial charge < -0.3 is 0 Å². The molecule has 2 rings (SSSR count). The maximum Gasteiger partial charge on any atom is 0.0621 e. The molecule has 0 aromatic carbocycles. The van der Waals surface area contributed by atoms with Gasteiger partial charge in [0.15, 0.2) is 0 Å². The quantitative estimate of drug-likeness (QED) is 0.659. The van der Waals surface area contributed by atoms with Gasteiger partial charge in [0.1, 0.15) is 0 Å². The third kappa shape index (κ3) is 3.72. The van der Waals surface area contributed by atoms with E-state index in [9.17, 15) is 0 Å². The van der Waals surface area contributed by atoms with Crippen LogP contribution < -0.4 is 0 Å². The maximum absolute atomic E-state index is 6.25. The van der Waals surface area contributed by atoms with Crippen LogP contribution in [-0.2, 0) is 6.42 Å². The lowest BCUT2D eigenvalue weighted by molar-refractivity contribution is 0.147. The first-order valence-corrected chi connectivity index (χ1v) is 8.42. The summed E-state index contributed by atoms with van der Waals surface area (Å²) >= 11 is 10.2. The second-order valence-electron chi connectivity index (χ2n) is 6.67. The Bertz CT molecular complexity index is 433. The molecule has 0 saturated heterocycles. The van der Waals surface area contributed by atoms with Crippen LogP contribution in [0.4, 0.5) is 0 Å². The summed E-state index contributed by atoms with van der Waals surface area (Å²) < 4.78 is 0. The lowest BCUT2D eigenvalue weighted by Gasteiger charge is -2.42. The Hall–Kier alpha value is -0.0800. The largest absolute Gasteiger partial charge is 0.263 e. The summed E-state index contributed by atoms with van der Waals surface area (Å²) in [6, 6.07) is 2.05. The summed E-state index contributed by atoms with van der Waals surface area (Å²) in [6.45, 7) is 7.11. The van der Waals surface area contributed by atoms with Crippen LogP contribution in [0, 0.1) is 17.3 Å². The molecule has 1 fully saturated rings. The number of nitrogens with zero attached hydrogens (tertiary/aromatic N) is 1. The number of hydrogen-bond acceptors (Lipinski definition) is 1. The highest BCUT2D eigenvalue weighted by atomic mass is 79.9. The van der Waals surface area contributed by atoms with E-state index in [2.05, 4.69) is 47.8 Å². The molecule has 106 valence electrons. The molecule has 19 heavy (non-hydrogen) atoms. The summed E-state index contributed by atoms with van der Waals surface area (Å²) in [7, 11) is 0. The lowest BCUT2D eigenvalue weighted by atomic mass is 9.66. The van der Waals surface area contributed by atoms with Gasteiger partial charge in [-0.3, -0.25) is 4.98 Å². The predicted molar refractivity (Wildman–Crippen MR) is 86.0 cm³/mol. The van der Waals surface area contributed by atoms with E-state index in [1.807, 2.05) is 6.20 Å². The zero-order valence-electron chi connectivity index (χ0n) is 12.0. The predicted octanol–water partition coefficient (Wildman–Crippen LogP) is 5.50. The van der Waals surface area contributed by atoms with Crippen molar-refractivity contribution in [3.63, 3.8) is 0 Å². The van der Waals surface area contributed by atoms with Gasteiger partial charge in [-0.15, -0.1) is 0 Å². The smallest absolute Gasteiger partial charge is 0.0621 e. The third-order valence-corrected chi connectivity index (χ3v) is 5.89. The number of alkyl halides is 1. The fraction of sp³-hybridized carbons (Fsp3) is 0.688. The second-order valence-corrected chi connectivity index (χ2v) is 8.26. The van der Waals surface area contributed by atoms with E-state index in [1.54, 1.807) is 6.20 Å². The molecule has 0 amide bonds. The Morgan fingerprint density at radius 1 is 1.42 bits per heavy atom. The fourth-order valence-electron chi connectivity index (χ4n) is 3.36. The number of aromatic nitrogens is 1. The van der Waals surface area contributed by atoms with E-state index >= 15 is 0 Å². The van der Waals surface area contributed by atoms with Gasteiger partial charge in [-0.2, -0.15) is 0 Å². The normalized spacial score (nSPS) is 28.4. The summed E-state index contributed by atoms with van der Waals surface area (Å²) in [6.07, 6.45) is 8.56. The molecule has 1 nitrogen and oxygen atoms in total. The molecular weight excluding hydrogens is 322 g/mol. The van der Waals surface area contributed by atoms with Crippen LogP contribution in [0.5, 0.6) is 0 Å². The van der Waals surface area contributed by atoms with Crippen LogP contribution in [0.2, 0.25) is 5.02 Å². The molecule has 1 aliphatic carbocycles. The fourth-order valence-corrected chi connectivity index (χ4v) is 5.17. The summed E-state index contributed by atoms with van der Waals surface area (Å²) in [5.74, 6) is 1.56. The third-order valence-electron chi connectivity index (χ3n) is 4.54. The second kappa shape index (κ2) is 6.13. The number of rotatable bonds is 3. The first kappa shape index (κ1) is 15.3. The van der Waals surface area contributed by atoms with Crippen molar-refractivity contribution in [2.75, 3.05) is 0 Å². The Morgan fingerprint density at radius 2 is 2.16 bits per heavy atom. The monoisotopic (exact) mass is 343 g/mol. The molecule has 1 aliphatic rings. The minimum absolute atomic E-state index is 0.263. The molecule has 3 heteroatoms. The molecule has 0 N–H and O–H groups in total. The van der Waals surface area contributed by atoms with Crippen molar-refractivity contribution in [3.8, 4) is 0 Å². The maximum atomic E-state index is 6.25. The van der Waals surface area contributed by atoms with E-state index in [4.69, 9.17) is 11.6 Å². The van der Waals surface area contributed by atoms with Gasteiger partial charge in [0, 0.05) is 17.2 Å². The highest BCUT2D eigenvalue weighted by Crippen LogP contribution is 2.45. The van der Waals surface area contributed by atoms with Crippen LogP contribution in [0.25, 0.3) is 0 Å². The van der Waals surface area contributed by atoms with Crippen LogP contribution in [-0.4, -0.2) is 9.81 Å². The Kier molecular flexibility index (Phi) is 4.94. The molecule has 0 radical (unpaired) electrons.